The van der Waals surface area contributed by atoms with Crippen molar-refractivity contribution in [3.63, 3.8) is 0 Å². The average Bonchev–Trinajstić information content (AvgIpc) is 3.24. The zero-order valence-electron chi connectivity index (χ0n) is 11.7. The standard InChI is InChI=1S/C15H17Cl2NO3/c1-9(15(20)21)8-18(11-3-4-11)14(19)7-10-2-5-12(16)13(17)6-10/h2,5-6,9,11H,3-4,7-8H2,1H3,(H,20,21). The summed E-state index contributed by atoms with van der Waals surface area (Å²) in [6, 6.07) is 5.28. The van der Waals surface area contributed by atoms with Gasteiger partial charge in [-0.15, -0.1) is 0 Å². The van der Waals surface area contributed by atoms with Gasteiger partial charge in [-0.2, -0.15) is 0 Å². The molecule has 0 bridgehead atoms. The van der Waals surface area contributed by atoms with E-state index in [1.54, 1.807) is 30.0 Å². The van der Waals surface area contributed by atoms with Gasteiger partial charge in [0.1, 0.15) is 0 Å². The molecule has 1 aromatic carbocycles. The molecule has 1 unspecified atom stereocenters. The van der Waals surface area contributed by atoms with E-state index in [1.165, 1.54) is 0 Å². The lowest BCUT2D eigenvalue weighted by atomic mass is 10.1. The summed E-state index contributed by atoms with van der Waals surface area (Å²) in [5, 5.41) is 9.87. The monoisotopic (exact) mass is 329 g/mol. The van der Waals surface area contributed by atoms with Gasteiger partial charge in [-0.25, -0.2) is 0 Å². The molecule has 1 amide bonds. The molecule has 1 aliphatic rings. The fourth-order valence-electron chi connectivity index (χ4n) is 2.14. The second kappa shape index (κ2) is 6.67. The summed E-state index contributed by atoms with van der Waals surface area (Å²) < 4.78 is 0. The number of carbonyl (C=O) groups excluding carboxylic acids is 1. The van der Waals surface area contributed by atoms with Crippen molar-refractivity contribution in [2.45, 2.75) is 32.2 Å². The SMILES string of the molecule is CC(CN(C(=O)Cc1ccc(Cl)c(Cl)c1)C1CC1)C(=O)O. The highest BCUT2D eigenvalue weighted by Gasteiger charge is 2.34. The molecule has 1 aliphatic carbocycles. The average molecular weight is 330 g/mol. The van der Waals surface area contributed by atoms with Crippen molar-refractivity contribution >= 4 is 35.1 Å². The van der Waals surface area contributed by atoms with Crippen molar-refractivity contribution in [3.8, 4) is 0 Å². The molecule has 4 nitrogen and oxygen atoms in total. The number of hydrogen-bond donors (Lipinski definition) is 1. The highest BCUT2D eigenvalue weighted by atomic mass is 35.5. The third-order valence-electron chi connectivity index (χ3n) is 3.54. The summed E-state index contributed by atoms with van der Waals surface area (Å²) in [5.74, 6) is -1.52. The Morgan fingerprint density at radius 1 is 1.33 bits per heavy atom. The third kappa shape index (κ3) is 4.35. The summed E-state index contributed by atoms with van der Waals surface area (Å²) in [4.78, 5) is 25.1. The molecule has 1 saturated carbocycles. The van der Waals surface area contributed by atoms with Gasteiger partial charge in [0.25, 0.3) is 0 Å². The van der Waals surface area contributed by atoms with Crippen LogP contribution in [0.15, 0.2) is 18.2 Å². The minimum absolute atomic E-state index is 0.0658. The molecule has 0 heterocycles. The Hall–Kier alpha value is -1.26. The van der Waals surface area contributed by atoms with Gasteiger partial charge in [0.2, 0.25) is 5.91 Å². The Kier molecular flexibility index (Phi) is 5.12. The summed E-state index contributed by atoms with van der Waals surface area (Å²) in [6.07, 6.45) is 2.10. The fourth-order valence-corrected chi connectivity index (χ4v) is 2.46. The molecule has 0 saturated heterocycles. The van der Waals surface area contributed by atoms with Crippen LogP contribution < -0.4 is 0 Å². The van der Waals surface area contributed by atoms with Crippen LogP contribution >= 0.6 is 23.2 Å². The smallest absolute Gasteiger partial charge is 0.308 e. The molecule has 114 valence electrons. The van der Waals surface area contributed by atoms with Crippen molar-refractivity contribution in [2.75, 3.05) is 6.54 Å². The molecule has 1 fully saturated rings. The van der Waals surface area contributed by atoms with Crippen LogP contribution in [0.1, 0.15) is 25.3 Å². The van der Waals surface area contributed by atoms with E-state index in [9.17, 15) is 9.59 Å². The first-order valence-corrected chi connectivity index (χ1v) is 7.60. The number of rotatable bonds is 6. The third-order valence-corrected chi connectivity index (χ3v) is 4.28. The molecule has 0 aromatic heterocycles. The van der Waals surface area contributed by atoms with Crippen molar-refractivity contribution in [2.24, 2.45) is 5.92 Å². The van der Waals surface area contributed by atoms with Crippen LogP contribution in [0, 0.1) is 5.92 Å². The van der Waals surface area contributed by atoms with Gasteiger partial charge in [0.05, 0.1) is 22.4 Å². The van der Waals surface area contributed by atoms with Gasteiger partial charge in [-0.3, -0.25) is 9.59 Å². The summed E-state index contributed by atoms with van der Waals surface area (Å²) in [7, 11) is 0. The van der Waals surface area contributed by atoms with Crippen molar-refractivity contribution in [3.05, 3.63) is 33.8 Å². The maximum Gasteiger partial charge on any atom is 0.308 e. The van der Waals surface area contributed by atoms with E-state index in [0.29, 0.717) is 10.0 Å². The predicted octanol–water partition coefficient (Wildman–Crippen LogP) is 3.25. The van der Waals surface area contributed by atoms with Crippen LogP contribution in [-0.2, 0) is 16.0 Å². The number of carboxylic acids is 1. The molecule has 21 heavy (non-hydrogen) atoms. The quantitative estimate of drug-likeness (QED) is 0.871. The van der Waals surface area contributed by atoms with Crippen molar-refractivity contribution in [1.29, 1.82) is 0 Å². The van der Waals surface area contributed by atoms with E-state index in [4.69, 9.17) is 28.3 Å². The van der Waals surface area contributed by atoms with Crippen LogP contribution in [0.5, 0.6) is 0 Å². The molecule has 1 atom stereocenters. The first kappa shape index (κ1) is 16.1. The number of aliphatic carboxylic acids is 1. The van der Waals surface area contributed by atoms with Crippen LogP contribution in [0.25, 0.3) is 0 Å². The minimum Gasteiger partial charge on any atom is -0.481 e. The molecule has 0 spiro atoms. The number of carbonyl (C=O) groups is 2. The molecule has 6 heteroatoms. The van der Waals surface area contributed by atoms with Gasteiger partial charge < -0.3 is 10.0 Å². The largest absolute Gasteiger partial charge is 0.481 e. The first-order valence-electron chi connectivity index (χ1n) is 6.84. The summed E-state index contributed by atoms with van der Waals surface area (Å²) in [6.45, 7) is 1.87. The van der Waals surface area contributed by atoms with Crippen LogP contribution in [0.4, 0.5) is 0 Å². The lowest BCUT2D eigenvalue weighted by molar-refractivity contribution is -0.143. The van der Waals surface area contributed by atoms with E-state index >= 15 is 0 Å². The number of hydrogen-bond acceptors (Lipinski definition) is 2. The second-order valence-corrected chi connectivity index (χ2v) is 6.26. The van der Waals surface area contributed by atoms with Crippen LogP contribution in [-0.4, -0.2) is 34.5 Å². The lowest BCUT2D eigenvalue weighted by Gasteiger charge is -2.24. The maximum atomic E-state index is 12.4. The van der Waals surface area contributed by atoms with E-state index in [2.05, 4.69) is 0 Å². The molecular formula is C15H17Cl2NO3. The van der Waals surface area contributed by atoms with Crippen molar-refractivity contribution in [1.82, 2.24) is 4.90 Å². The van der Waals surface area contributed by atoms with Gasteiger partial charge in [-0.05, 0) is 30.5 Å². The molecular weight excluding hydrogens is 313 g/mol. The highest BCUT2D eigenvalue weighted by molar-refractivity contribution is 6.42. The first-order chi connectivity index (χ1) is 9.88. The number of halogens is 2. The Bertz CT molecular complexity index is 558. The lowest BCUT2D eigenvalue weighted by Crippen LogP contribution is -2.39. The Morgan fingerprint density at radius 2 is 2.00 bits per heavy atom. The zero-order valence-corrected chi connectivity index (χ0v) is 13.2. The number of nitrogens with zero attached hydrogens (tertiary/aromatic N) is 1. The normalized spacial score (nSPS) is 15.6. The Labute approximate surface area is 133 Å². The molecule has 2 rings (SSSR count). The van der Waals surface area contributed by atoms with Crippen LogP contribution in [0.3, 0.4) is 0 Å². The number of benzene rings is 1. The minimum atomic E-state index is -0.886. The van der Waals surface area contributed by atoms with E-state index < -0.39 is 11.9 Å². The van der Waals surface area contributed by atoms with Crippen LogP contribution in [0.2, 0.25) is 10.0 Å². The molecule has 1 aromatic rings. The predicted molar refractivity (Wildman–Crippen MR) is 81.7 cm³/mol. The Morgan fingerprint density at radius 3 is 2.52 bits per heavy atom. The summed E-state index contributed by atoms with van der Waals surface area (Å²) >= 11 is 11.8. The molecule has 0 aliphatic heterocycles. The highest BCUT2D eigenvalue weighted by Crippen LogP contribution is 2.29. The van der Waals surface area contributed by atoms with Gasteiger partial charge in [0, 0.05) is 12.6 Å². The molecule has 0 radical (unpaired) electrons. The number of carboxylic acid groups (broad SMARTS) is 1. The maximum absolute atomic E-state index is 12.4. The Balaban J connectivity index is 2.04. The van der Waals surface area contributed by atoms with E-state index in [1.807, 2.05) is 0 Å². The van der Waals surface area contributed by atoms with E-state index in [-0.39, 0.29) is 24.9 Å². The number of amides is 1. The molecule has 1 N–H and O–H groups in total. The zero-order chi connectivity index (χ0) is 15.6. The van der Waals surface area contributed by atoms with Gasteiger partial charge >= 0.3 is 5.97 Å². The fraction of sp³-hybridized carbons (Fsp3) is 0.467. The van der Waals surface area contributed by atoms with Gasteiger partial charge in [0.15, 0.2) is 0 Å². The van der Waals surface area contributed by atoms with E-state index in [0.717, 1.165) is 18.4 Å². The second-order valence-electron chi connectivity index (χ2n) is 5.44. The van der Waals surface area contributed by atoms with Crippen molar-refractivity contribution < 1.29 is 14.7 Å². The van der Waals surface area contributed by atoms with Gasteiger partial charge in [-0.1, -0.05) is 36.2 Å². The topological polar surface area (TPSA) is 57.6 Å². The summed E-state index contributed by atoms with van der Waals surface area (Å²) in [5.41, 5.74) is 0.781.